The van der Waals surface area contributed by atoms with E-state index in [2.05, 4.69) is 14.9 Å². The van der Waals surface area contributed by atoms with Crippen molar-refractivity contribution < 1.29 is 10.2 Å². The molecule has 17 heavy (non-hydrogen) atoms. The Morgan fingerprint density at radius 2 is 2.24 bits per heavy atom. The molecule has 0 radical (unpaired) electrons. The highest BCUT2D eigenvalue weighted by Gasteiger charge is 2.24. The van der Waals surface area contributed by atoms with Crippen LogP contribution in [0.1, 0.15) is 24.2 Å². The van der Waals surface area contributed by atoms with Crippen molar-refractivity contribution in [2.75, 3.05) is 24.6 Å². The number of anilines is 1. The number of aromatic nitrogens is 2. The molecule has 1 aliphatic heterocycles. The maximum Gasteiger partial charge on any atom is 0.225 e. The Kier molecular flexibility index (Phi) is 3.91. The first-order valence-corrected chi connectivity index (χ1v) is 6.04. The third kappa shape index (κ3) is 2.92. The molecular formula is C12H19N3O2. The number of rotatable bonds is 4. The number of aliphatic hydroxyl groups excluding tert-OH is 2. The van der Waals surface area contributed by atoms with Crippen LogP contribution in [0.4, 0.5) is 5.95 Å². The summed E-state index contributed by atoms with van der Waals surface area (Å²) in [6.07, 6.45) is 1.92. The first-order chi connectivity index (χ1) is 8.22. The van der Waals surface area contributed by atoms with Gasteiger partial charge in [-0.1, -0.05) is 0 Å². The highest BCUT2D eigenvalue weighted by atomic mass is 16.3. The second-order valence-electron chi connectivity index (χ2n) is 4.57. The fourth-order valence-electron chi connectivity index (χ4n) is 2.27. The van der Waals surface area contributed by atoms with Crippen LogP contribution in [0, 0.1) is 12.8 Å². The van der Waals surface area contributed by atoms with E-state index < -0.39 is 0 Å². The zero-order valence-electron chi connectivity index (χ0n) is 10.1. The summed E-state index contributed by atoms with van der Waals surface area (Å²) in [6, 6.07) is 1.80. The number of nitrogens with zero attached hydrogens (tertiary/aromatic N) is 3. The largest absolute Gasteiger partial charge is 0.396 e. The van der Waals surface area contributed by atoms with Gasteiger partial charge in [0.1, 0.15) is 0 Å². The second-order valence-corrected chi connectivity index (χ2v) is 4.57. The molecule has 0 aromatic carbocycles. The Balaban J connectivity index is 2.10. The smallest absolute Gasteiger partial charge is 0.225 e. The van der Waals surface area contributed by atoms with Gasteiger partial charge < -0.3 is 15.1 Å². The van der Waals surface area contributed by atoms with Crippen LogP contribution in [-0.4, -0.2) is 39.9 Å². The summed E-state index contributed by atoms with van der Waals surface area (Å²) < 4.78 is 0. The Labute approximate surface area is 101 Å². The summed E-state index contributed by atoms with van der Waals surface area (Å²) in [6.45, 7) is 3.93. The lowest BCUT2D eigenvalue weighted by Crippen LogP contribution is -2.23. The van der Waals surface area contributed by atoms with E-state index in [0.29, 0.717) is 17.6 Å². The van der Waals surface area contributed by atoms with Gasteiger partial charge in [-0.3, -0.25) is 0 Å². The van der Waals surface area contributed by atoms with Gasteiger partial charge in [0.2, 0.25) is 5.95 Å². The molecule has 5 nitrogen and oxygen atoms in total. The van der Waals surface area contributed by atoms with Gasteiger partial charge in [0.15, 0.2) is 0 Å². The Morgan fingerprint density at radius 3 is 2.94 bits per heavy atom. The molecule has 5 heteroatoms. The topological polar surface area (TPSA) is 69.5 Å². The van der Waals surface area contributed by atoms with Crippen molar-refractivity contribution in [1.29, 1.82) is 0 Å². The van der Waals surface area contributed by atoms with Crippen molar-refractivity contribution in [1.82, 2.24) is 9.97 Å². The van der Waals surface area contributed by atoms with Gasteiger partial charge >= 0.3 is 0 Å². The molecule has 0 aliphatic carbocycles. The van der Waals surface area contributed by atoms with Crippen LogP contribution in [0.15, 0.2) is 6.07 Å². The van der Waals surface area contributed by atoms with Gasteiger partial charge in [0.25, 0.3) is 0 Å². The second kappa shape index (κ2) is 5.42. The number of hydrogen-bond donors (Lipinski definition) is 2. The average Bonchev–Trinajstić information content (AvgIpc) is 2.77. The molecular weight excluding hydrogens is 218 g/mol. The Morgan fingerprint density at radius 1 is 1.41 bits per heavy atom. The summed E-state index contributed by atoms with van der Waals surface area (Å²) in [7, 11) is 0. The summed E-state index contributed by atoms with van der Waals surface area (Å²) in [4.78, 5) is 10.9. The molecule has 1 unspecified atom stereocenters. The van der Waals surface area contributed by atoms with Crippen molar-refractivity contribution in [2.24, 2.45) is 5.92 Å². The van der Waals surface area contributed by atoms with E-state index >= 15 is 0 Å². The summed E-state index contributed by atoms with van der Waals surface area (Å²) in [5, 5.41) is 18.1. The van der Waals surface area contributed by atoms with Gasteiger partial charge in [0, 0.05) is 25.4 Å². The lowest BCUT2D eigenvalue weighted by molar-refractivity contribution is 0.263. The number of aryl methyl sites for hydroxylation is 1. The molecule has 2 rings (SSSR count). The number of aliphatic hydroxyl groups is 2. The quantitative estimate of drug-likeness (QED) is 0.797. The monoisotopic (exact) mass is 237 g/mol. The van der Waals surface area contributed by atoms with E-state index in [-0.39, 0.29) is 13.2 Å². The standard InChI is InChI=1S/C12H19N3O2/c1-9-6-11(8-17)14-12(13-9)15-4-2-10(7-15)3-5-16/h6,10,16-17H,2-5,7-8H2,1H3. The fourth-order valence-corrected chi connectivity index (χ4v) is 2.27. The van der Waals surface area contributed by atoms with Crippen LogP contribution in [0.25, 0.3) is 0 Å². The summed E-state index contributed by atoms with van der Waals surface area (Å²) in [5.41, 5.74) is 1.54. The van der Waals surface area contributed by atoms with E-state index in [1.54, 1.807) is 6.07 Å². The number of hydrogen-bond acceptors (Lipinski definition) is 5. The summed E-state index contributed by atoms with van der Waals surface area (Å²) >= 11 is 0. The van der Waals surface area contributed by atoms with Gasteiger partial charge in [0.05, 0.1) is 12.3 Å². The minimum Gasteiger partial charge on any atom is -0.396 e. The highest BCUT2D eigenvalue weighted by Crippen LogP contribution is 2.23. The minimum atomic E-state index is -0.0513. The third-order valence-electron chi connectivity index (χ3n) is 3.16. The van der Waals surface area contributed by atoms with Crippen LogP contribution < -0.4 is 4.90 Å². The van der Waals surface area contributed by atoms with Crippen LogP contribution in [0.5, 0.6) is 0 Å². The van der Waals surface area contributed by atoms with Crippen molar-refractivity contribution in [2.45, 2.75) is 26.4 Å². The van der Waals surface area contributed by atoms with E-state index in [4.69, 9.17) is 10.2 Å². The SMILES string of the molecule is Cc1cc(CO)nc(N2CCC(CCO)C2)n1. The fraction of sp³-hybridized carbons (Fsp3) is 0.667. The molecule has 0 spiro atoms. The first kappa shape index (κ1) is 12.3. The predicted octanol–water partition coefficient (Wildman–Crippen LogP) is 0.486. The highest BCUT2D eigenvalue weighted by molar-refractivity contribution is 5.33. The molecule has 1 aromatic heterocycles. The van der Waals surface area contributed by atoms with Gasteiger partial charge in [-0.15, -0.1) is 0 Å². The lowest BCUT2D eigenvalue weighted by atomic mass is 10.1. The lowest BCUT2D eigenvalue weighted by Gasteiger charge is -2.17. The molecule has 0 saturated carbocycles. The van der Waals surface area contributed by atoms with Crippen LogP contribution in [0.3, 0.4) is 0 Å². The molecule has 1 fully saturated rings. The molecule has 0 bridgehead atoms. The van der Waals surface area contributed by atoms with Gasteiger partial charge in [-0.05, 0) is 31.7 Å². The van der Waals surface area contributed by atoms with Crippen molar-refractivity contribution in [3.63, 3.8) is 0 Å². The molecule has 0 amide bonds. The molecule has 1 saturated heterocycles. The van der Waals surface area contributed by atoms with Crippen LogP contribution >= 0.6 is 0 Å². The normalized spacial score (nSPS) is 19.9. The molecule has 2 heterocycles. The molecule has 1 aliphatic rings. The van der Waals surface area contributed by atoms with Gasteiger partial charge in [-0.2, -0.15) is 0 Å². The zero-order chi connectivity index (χ0) is 12.3. The van der Waals surface area contributed by atoms with Crippen molar-refractivity contribution in [3.05, 3.63) is 17.5 Å². The molecule has 1 atom stereocenters. The molecule has 1 aromatic rings. The van der Waals surface area contributed by atoms with Crippen LogP contribution in [-0.2, 0) is 6.61 Å². The van der Waals surface area contributed by atoms with Crippen LogP contribution in [0.2, 0.25) is 0 Å². The maximum absolute atomic E-state index is 9.12. The van der Waals surface area contributed by atoms with E-state index in [9.17, 15) is 0 Å². The Hall–Kier alpha value is -1.20. The van der Waals surface area contributed by atoms with E-state index in [1.165, 1.54) is 0 Å². The van der Waals surface area contributed by atoms with Gasteiger partial charge in [-0.25, -0.2) is 9.97 Å². The molecule has 2 N–H and O–H groups in total. The molecule has 94 valence electrons. The van der Waals surface area contributed by atoms with Crippen molar-refractivity contribution in [3.8, 4) is 0 Å². The summed E-state index contributed by atoms with van der Waals surface area (Å²) in [5.74, 6) is 1.23. The Bertz CT molecular complexity index is 384. The first-order valence-electron chi connectivity index (χ1n) is 6.04. The maximum atomic E-state index is 9.12. The third-order valence-corrected chi connectivity index (χ3v) is 3.16. The van der Waals surface area contributed by atoms with E-state index in [0.717, 1.165) is 31.6 Å². The van der Waals surface area contributed by atoms with Crippen molar-refractivity contribution >= 4 is 5.95 Å². The van der Waals surface area contributed by atoms with E-state index in [1.807, 2.05) is 6.92 Å². The zero-order valence-corrected chi connectivity index (χ0v) is 10.1. The average molecular weight is 237 g/mol. The minimum absolute atomic E-state index is 0.0513. The predicted molar refractivity (Wildman–Crippen MR) is 64.7 cm³/mol.